The van der Waals surface area contributed by atoms with Gasteiger partial charge < -0.3 is 5.43 Å². The fraction of sp³-hybridized carbons (Fsp3) is 0.273. The third-order valence-corrected chi connectivity index (χ3v) is 4.49. The highest BCUT2D eigenvalue weighted by Crippen LogP contribution is 2.30. The highest BCUT2D eigenvalue weighted by atomic mass is 32.2. The Morgan fingerprint density at radius 2 is 2.35 bits per heavy atom. The number of nitrogens with two attached hydrogens (primary N) is 1. The molecule has 0 radical (unpaired) electrons. The SMILES string of the molecule is CCc1nsc(SCc2cc([N+](=O)[O-])ccc2NN)n1. The molecule has 7 nitrogen and oxygen atoms in total. The number of non-ortho nitro benzene ring substituents is 1. The van der Waals surface area contributed by atoms with E-state index in [4.69, 9.17) is 5.84 Å². The number of nitrogen functional groups attached to an aromatic ring is 1. The first-order valence-electron chi connectivity index (χ1n) is 5.83. The summed E-state index contributed by atoms with van der Waals surface area (Å²) in [7, 11) is 0. The van der Waals surface area contributed by atoms with Crippen molar-refractivity contribution in [1.82, 2.24) is 9.36 Å². The molecule has 106 valence electrons. The van der Waals surface area contributed by atoms with Gasteiger partial charge in [-0.1, -0.05) is 18.7 Å². The van der Waals surface area contributed by atoms with Gasteiger partial charge in [0.1, 0.15) is 5.82 Å². The first kappa shape index (κ1) is 14.7. The summed E-state index contributed by atoms with van der Waals surface area (Å²) in [5.41, 5.74) is 4.03. The van der Waals surface area contributed by atoms with E-state index in [0.29, 0.717) is 11.4 Å². The predicted molar refractivity (Wildman–Crippen MR) is 79.8 cm³/mol. The fourth-order valence-corrected chi connectivity index (χ4v) is 3.22. The van der Waals surface area contributed by atoms with E-state index in [1.165, 1.54) is 35.4 Å². The molecule has 0 fully saturated rings. The summed E-state index contributed by atoms with van der Waals surface area (Å²) in [4.78, 5) is 14.7. The smallest absolute Gasteiger partial charge is 0.269 e. The number of nitrogens with one attached hydrogen (secondary N) is 1. The lowest BCUT2D eigenvalue weighted by Gasteiger charge is -2.07. The van der Waals surface area contributed by atoms with Gasteiger partial charge in [-0.2, -0.15) is 4.37 Å². The lowest BCUT2D eigenvalue weighted by molar-refractivity contribution is -0.384. The average molecular weight is 311 g/mol. The lowest BCUT2D eigenvalue weighted by Crippen LogP contribution is -2.09. The molecule has 0 bridgehead atoms. The minimum absolute atomic E-state index is 0.0473. The van der Waals surface area contributed by atoms with Gasteiger partial charge in [0.2, 0.25) is 0 Å². The number of anilines is 1. The molecule has 0 aliphatic rings. The van der Waals surface area contributed by atoms with Crippen LogP contribution in [-0.4, -0.2) is 14.3 Å². The Bertz CT molecular complexity index is 617. The molecule has 1 aromatic carbocycles. The zero-order chi connectivity index (χ0) is 14.5. The van der Waals surface area contributed by atoms with E-state index >= 15 is 0 Å². The number of aryl methyl sites for hydroxylation is 1. The zero-order valence-corrected chi connectivity index (χ0v) is 12.3. The molecule has 0 spiro atoms. The molecule has 20 heavy (non-hydrogen) atoms. The van der Waals surface area contributed by atoms with Crippen LogP contribution in [0.2, 0.25) is 0 Å². The van der Waals surface area contributed by atoms with Gasteiger partial charge in [0.05, 0.1) is 10.6 Å². The van der Waals surface area contributed by atoms with Crippen molar-refractivity contribution in [1.29, 1.82) is 0 Å². The van der Waals surface area contributed by atoms with Gasteiger partial charge in [0.25, 0.3) is 5.69 Å². The Hall–Kier alpha value is -1.71. The molecule has 2 aromatic rings. The normalized spacial score (nSPS) is 10.5. The Kier molecular flexibility index (Phi) is 4.88. The molecule has 0 saturated carbocycles. The van der Waals surface area contributed by atoms with Crippen LogP contribution in [0.5, 0.6) is 0 Å². The summed E-state index contributed by atoms with van der Waals surface area (Å²) in [6, 6.07) is 4.54. The number of nitro benzene ring substituents is 1. The van der Waals surface area contributed by atoms with Gasteiger partial charge >= 0.3 is 0 Å². The third kappa shape index (κ3) is 3.44. The van der Waals surface area contributed by atoms with Crippen LogP contribution in [0.4, 0.5) is 11.4 Å². The summed E-state index contributed by atoms with van der Waals surface area (Å²) in [5.74, 6) is 6.77. The largest absolute Gasteiger partial charge is 0.324 e. The van der Waals surface area contributed by atoms with E-state index in [9.17, 15) is 10.1 Å². The highest BCUT2D eigenvalue weighted by molar-refractivity contribution is 8.00. The van der Waals surface area contributed by atoms with Crippen LogP contribution in [0.1, 0.15) is 18.3 Å². The molecule has 2 rings (SSSR count). The van der Waals surface area contributed by atoms with Crippen LogP contribution < -0.4 is 11.3 Å². The number of hydrazine groups is 1. The summed E-state index contributed by atoms with van der Waals surface area (Å²) in [6.45, 7) is 1.99. The van der Waals surface area contributed by atoms with Crippen LogP contribution in [-0.2, 0) is 12.2 Å². The molecule has 1 aromatic heterocycles. The highest BCUT2D eigenvalue weighted by Gasteiger charge is 2.12. The number of hydrogen-bond acceptors (Lipinski definition) is 8. The van der Waals surface area contributed by atoms with Gasteiger partial charge in [-0.25, -0.2) is 4.98 Å². The second-order valence-corrected chi connectivity index (χ2v) is 5.84. The number of rotatable bonds is 6. The Morgan fingerprint density at radius 1 is 1.55 bits per heavy atom. The second-order valence-electron chi connectivity index (χ2n) is 3.86. The van der Waals surface area contributed by atoms with Crippen molar-refractivity contribution in [2.24, 2.45) is 5.84 Å². The second kappa shape index (κ2) is 6.64. The van der Waals surface area contributed by atoms with Crippen LogP contribution in [0.15, 0.2) is 22.5 Å². The maximum Gasteiger partial charge on any atom is 0.269 e. The van der Waals surface area contributed by atoms with E-state index in [1.807, 2.05) is 6.92 Å². The van der Waals surface area contributed by atoms with E-state index in [1.54, 1.807) is 6.07 Å². The number of thioether (sulfide) groups is 1. The van der Waals surface area contributed by atoms with Gasteiger partial charge in [0, 0.05) is 24.3 Å². The zero-order valence-electron chi connectivity index (χ0n) is 10.7. The van der Waals surface area contributed by atoms with Crippen molar-refractivity contribution in [2.75, 3.05) is 5.43 Å². The molecular formula is C11H13N5O2S2. The van der Waals surface area contributed by atoms with Crippen LogP contribution in [0.25, 0.3) is 0 Å². The van der Waals surface area contributed by atoms with E-state index in [0.717, 1.165) is 22.1 Å². The molecule has 0 atom stereocenters. The average Bonchev–Trinajstić information content (AvgIpc) is 2.92. The van der Waals surface area contributed by atoms with E-state index in [-0.39, 0.29) is 5.69 Å². The first-order valence-corrected chi connectivity index (χ1v) is 7.59. The monoisotopic (exact) mass is 311 g/mol. The maximum atomic E-state index is 10.8. The Labute approximate surface area is 123 Å². The van der Waals surface area contributed by atoms with Crippen LogP contribution in [0, 0.1) is 10.1 Å². The van der Waals surface area contributed by atoms with E-state index < -0.39 is 4.92 Å². The summed E-state index contributed by atoms with van der Waals surface area (Å²) >= 11 is 2.82. The predicted octanol–water partition coefficient (Wildman–Crippen LogP) is 2.59. The molecule has 0 saturated heterocycles. The molecule has 3 N–H and O–H groups in total. The van der Waals surface area contributed by atoms with Gasteiger partial charge in [-0.15, -0.1) is 0 Å². The quantitative estimate of drug-likeness (QED) is 0.365. The lowest BCUT2D eigenvalue weighted by atomic mass is 10.2. The summed E-state index contributed by atoms with van der Waals surface area (Å²) in [5, 5.41) is 10.8. The van der Waals surface area contributed by atoms with Crippen molar-refractivity contribution >= 4 is 34.7 Å². The minimum Gasteiger partial charge on any atom is -0.324 e. The molecule has 0 amide bonds. The Morgan fingerprint density at radius 3 is 2.95 bits per heavy atom. The number of benzene rings is 1. The van der Waals surface area contributed by atoms with Crippen molar-refractivity contribution < 1.29 is 4.92 Å². The molecule has 0 aliphatic heterocycles. The standard InChI is InChI=1S/C11H13N5O2S2/c1-2-10-13-11(20-15-10)19-6-7-5-8(16(17)18)3-4-9(7)14-12/h3-5,14H,2,6,12H2,1H3. The van der Waals surface area contributed by atoms with Gasteiger partial charge in [-0.05, 0) is 23.2 Å². The van der Waals surface area contributed by atoms with E-state index in [2.05, 4.69) is 14.8 Å². The first-order chi connectivity index (χ1) is 9.63. The molecule has 1 heterocycles. The minimum atomic E-state index is -0.422. The number of nitro groups is 1. The fourth-order valence-electron chi connectivity index (χ4n) is 1.53. The topological polar surface area (TPSA) is 107 Å². The number of aromatic nitrogens is 2. The van der Waals surface area contributed by atoms with Gasteiger partial charge in [-0.3, -0.25) is 16.0 Å². The Balaban J connectivity index is 2.14. The van der Waals surface area contributed by atoms with Crippen LogP contribution >= 0.6 is 23.3 Å². The van der Waals surface area contributed by atoms with Crippen molar-refractivity contribution in [3.8, 4) is 0 Å². The molecule has 0 aliphatic carbocycles. The van der Waals surface area contributed by atoms with Gasteiger partial charge in [0.15, 0.2) is 4.34 Å². The molecule has 0 unspecified atom stereocenters. The number of nitrogens with zero attached hydrogens (tertiary/aromatic N) is 3. The van der Waals surface area contributed by atoms with Crippen molar-refractivity contribution in [3.05, 3.63) is 39.7 Å². The summed E-state index contributed by atoms with van der Waals surface area (Å²) in [6.07, 6.45) is 0.795. The molecule has 9 heteroatoms. The maximum absolute atomic E-state index is 10.8. The van der Waals surface area contributed by atoms with Crippen molar-refractivity contribution in [2.45, 2.75) is 23.4 Å². The summed E-state index contributed by atoms with van der Waals surface area (Å²) < 4.78 is 5.04. The molecular weight excluding hydrogens is 298 g/mol. The van der Waals surface area contributed by atoms with Crippen LogP contribution in [0.3, 0.4) is 0 Å². The third-order valence-electron chi connectivity index (χ3n) is 2.57. The van der Waals surface area contributed by atoms with Crippen molar-refractivity contribution in [3.63, 3.8) is 0 Å². The number of hydrogen-bond donors (Lipinski definition) is 2.